The Bertz CT molecular complexity index is 261. The van der Waals surface area contributed by atoms with E-state index in [2.05, 4.69) is 15.7 Å². The molecule has 0 aromatic heterocycles. The molecule has 0 radical (unpaired) electrons. The number of amides is 1. The van der Waals surface area contributed by atoms with Crippen LogP contribution in [-0.2, 0) is 4.79 Å². The van der Waals surface area contributed by atoms with Crippen molar-refractivity contribution in [2.75, 3.05) is 6.54 Å². The van der Waals surface area contributed by atoms with E-state index in [1.54, 1.807) is 0 Å². The van der Waals surface area contributed by atoms with Gasteiger partial charge in [-0.3, -0.25) is 15.2 Å². The molecule has 98 valence electrons. The molecule has 1 fully saturated rings. The van der Waals surface area contributed by atoms with Gasteiger partial charge in [0, 0.05) is 19.0 Å². The highest BCUT2D eigenvalue weighted by Gasteiger charge is 2.15. The number of carbonyl (C=O) groups excluding carboxylic acids is 1. The van der Waals surface area contributed by atoms with Gasteiger partial charge in [0.05, 0.1) is 0 Å². The number of carbonyl (C=O) groups is 1. The van der Waals surface area contributed by atoms with Crippen LogP contribution in [0.25, 0.3) is 0 Å². The van der Waals surface area contributed by atoms with Crippen LogP contribution >= 0.6 is 0 Å². The van der Waals surface area contributed by atoms with Gasteiger partial charge in [0.2, 0.25) is 11.9 Å². The van der Waals surface area contributed by atoms with Gasteiger partial charge < -0.3 is 11.1 Å². The largest absolute Gasteiger partial charge is 0.370 e. The lowest BCUT2D eigenvalue weighted by Crippen LogP contribution is -2.45. The topological polar surface area (TPSA) is 106 Å². The molecule has 0 unspecified atom stereocenters. The zero-order valence-electron chi connectivity index (χ0n) is 10.2. The summed E-state index contributed by atoms with van der Waals surface area (Å²) in [5.41, 5.74) is 7.63. The van der Waals surface area contributed by atoms with E-state index < -0.39 is 0 Å². The number of aliphatic imine (C=N–C) groups is 1. The summed E-state index contributed by atoms with van der Waals surface area (Å²) in [6, 6.07) is 0.496. The first-order valence-electron chi connectivity index (χ1n) is 6.28. The fraction of sp³-hybridized carbons (Fsp3) is 0.818. The third kappa shape index (κ3) is 6.11. The van der Waals surface area contributed by atoms with Crippen molar-refractivity contribution in [2.45, 2.75) is 51.0 Å². The molecular weight excluding hydrogens is 218 g/mol. The molecule has 0 aliphatic heterocycles. The number of nitrogens with one attached hydrogen (secondary N) is 2. The SMILES string of the molecule is NNC(=NCCCCC(N)=O)NC1CCCC1. The normalized spacial score (nSPS) is 17.1. The molecule has 0 heterocycles. The van der Waals surface area contributed by atoms with Gasteiger partial charge in [-0.15, -0.1) is 0 Å². The van der Waals surface area contributed by atoms with Crippen LogP contribution in [0.15, 0.2) is 4.99 Å². The average Bonchev–Trinajstić information content (AvgIpc) is 2.79. The Kier molecular flexibility index (Phi) is 6.39. The molecule has 1 amide bonds. The first kappa shape index (κ1) is 13.8. The van der Waals surface area contributed by atoms with Crippen molar-refractivity contribution in [3.05, 3.63) is 0 Å². The van der Waals surface area contributed by atoms with Gasteiger partial charge >= 0.3 is 0 Å². The van der Waals surface area contributed by atoms with Gasteiger partial charge in [-0.1, -0.05) is 12.8 Å². The Morgan fingerprint density at radius 1 is 1.29 bits per heavy atom. The predicted molar refractivity (Wildman–Crippen MR) is 68.1 cm³/mol. The lowest BCUT2D eigenvalue weighted by atomic mass is 10.2. The molecule has 1 rings (SSSR count). The molecule has 1 aliphatic carbocycles. The number of nitrogens with zero attached hydrogens (tertiary/aromatic N) is 1. The monoisotopic (exact) mass is 241 g/mol. The van der Waals surface area contributed by atoms with Gasteiger partial charge in [0.1, 0.15) is 0 Å². The van der Waals surface area contributed by atoms with Gasteiger partial charge in [0.25, 0.3) is 0 Å². The van der Waals surface area contributed by atoms with E-state index in [1.165, 1.54) is 25.7 Å². The average molecular weight is 241 g/mol. The van der Waals surface area contributed by atoms with Crippen molar-refractivity contribution >= 4 is 11.9 Å². The third-order valence-corrected chi connectivity index (χ3v) is 2.93. The summed E-state index contributed by atoms with van der Waals surface area (Å²) in [6.45, 7) is 0.659. The highest BCUT2D eigenvalue weighted by Crippen LogP contribution is 2.17. The predicted octanol–water partition coefficient (Wildman–Crippen LogP) is -0.00650. The smallest absolute Gasteiger partial charge is 0.217 e. The van der Waals surface area contributed by atoms with Crippen LogP contribution in [0.3, 0.4) is 0 Å². The van der Waals surface area contributed by atoms with Crippen LogP contribution in [-0.4, -0.2) is 24.5 Å². The summed E-state index contributed by atoms with van der Waals surface area (Å²) in [6.07, 6.45) is 6.96. The molecule has 6 nitrogen and oxygen atoms in total. The molecule has 0 atom stereocenters. The molecule has 1 aliphatic rings. The van der Waals surface area contributed by atoms with E-state index in [0.717, 1.165) is 12.8 Å². The first-order valence-corrected chi connectivity index (χ1v) is 6.28. The minimum absolute atomic E-state index is 0.254. The highest BCUT2D eigenvalue weighted by molar-refractivity contribution is 5.79. The van der Waals surface area contributed by atoms with Crippen molar-refractivity contribution < 1.29 is 4.79 Å². The van der Waals surface area contributed by atoms with Gasteiger partial charge in [-0.25, -0.2) is 5.84 Å². The number of unbranched alkanes of at least 4 members (excludes halogenated alkanes) is 1. The highest BCUT2D eigenvalue weighted by atomic mass is 16.1. The van der Waals surface area contributed by atoms with E-state index in [9.17, 15) is 4.79 Å². The van der Waals surface area contributed by atoms with Crippen molar-refractivity contribution in [1.29, 1.82) is 0 Å². The van der Waals surface area contributed by atoms with E-state index in [1.807, 2.05) is 0 Å². The van der Waals surface area contributed by atoms with Gasteiger partial charge in [-0.05, 0) is 25.7 Å². The van der Waals surface area contributed by atoms with E-state index >= 15 is 0 Å². The molecule has 0 aromatic rings. The zero-order valence-corrected chi connectivity index (χ0v) is 10.2. The third-order valence-electron chi connectivity index (χ3n) is 2.93. The van der Waals surface area contributed by atoms with Crippen molar-refractivity contribution in [3.8, 4) is 0 Å². The fourth-order valence-electron chi connectivity index (χ4n) is 2.00. The van der Waals surface area contributed by atoms with Crippen LogP contribution in [0, 0.1) is 0 Å². The van der Waals surface area contributed by atoms with E-state index in [-0.39, 0.29) is 5.91 Å². The van der Waals surface area contributed by atoms with Crippen LogP contribution < -0.4 is 22.3 Å². The van der Waals surface area contributed by atoms with Crippen molar-refractivity contribution in [1.82, 2.24) is 10.7 Å². The number of rotatable bonds is 6. The quantitative estimate of drug-likeness (QED) is 0.172. The molecule has 0 saturated heterocycles. The molecule has 17 heavy (non-hydrogen) atoms. The molecule has 6 N–H and O–H groups in total. The summed E-state index contributed by atoms with van der Waals surface area (Å²) in [7, 11) is 0. The lowest BCUT2D eigenvalue weighted by Gasteiger charge is -2.14. The maximum Gasteiger partial charge on any atom is 0.217 e. The van der Waals surface area contributed by atoms with Crippen molar-refractivity contribution in [2.24, 2.45) is 16.6 Å². The van der Waals surface area contributed by atoms with Crippen LogP contribution in [0.4, 0.5) is 0 Å². The molecule has 0 aromatic carbocycles. The molecular formula is C11H23N5O. The summed E-state index contributed by atoms with van der Waals surface area (Å²) in [5.74, 6) is 5.79. The first-order chi connectivity index (χ1) is 8.22. The summed E-state index contributed by atoms with van der Waals surface area (Å²) >= 11 is 0. The Morgan fingerprint density at radius 2 is 2.00 bits per heavy atom. The number of hydrazine groups is 1. The minimum Gasteiger partial charge on any atom is -0.370 e. The second-order valence-corrected chi connectivity index (χ2v) is 4.42. The number of primary amides is 1. The fourth-order valence-corrected chi connectivity index (χ4v) is 2.00. The second-order valence-electron chi connectivity index (χ2n) is 4.42. The number of hydrogen-bond acceptors (Lipinski definition) is 3. The number of guanidine groups is 1. The summed E-state index contributed by atoms with van der Waals surface area (Å²) < 4.78 is 0. The van der Waals surface area contributed by atoms with E-state index in [4.69, 9.17) is 11.6 Å². The van der Waals surface area contributed by atoms with Gasteiger partial charge in [0.15, 0.2) is 0 Å². The summed E-state index contributed by atoms with van der Waals surface area (Å²) in [5, 5.41) is 3.29. The molecule has 0 spiro atoms. The lowest BCUT2D eigenvalue weighted by molar-refractivity contribution is -0.118. The van der Waals surface area contributed by atoms with Crippen LogP contribution in [0.1, 0.15) is 44.9 Å². The Balaban J connectivity index is 2.16. The maximum atomic E-state index is 10.5. The van der Waals surface area contributed by atoms with Crippen LogP contribution in [0.5, 0.6) is 0 Å². The Hall–Kier alpha value is -1.30. The molecule has 6 heteroatoms. The zero-order chi connectivity index (χ0) is 12.5. The van der Waals surface area contributed by atoms with E-state index in [0.29, 0.717) is 25.0 Å². The van der Waals surface area contributed by atoms with Gasteiger partial charge in [-0.2, -0.15) is 0 Å². The minimum atomic E-state index is -0.254. The Labute approximate surface area is 102 Å². The summed E-state index contributed by atoms with van der Waals surface area (Å²) in [4.78, 5) is 14.8. The van der Waals surface area contributed by atoms with Crippen molar-refractivity contribution in [3.63, 3.8) is 0 Å². The maximum absolute atomic E-state index is 10.5. The number of nitrogens with two attached hydrogens (primary N) is 2. The molecule has 1 saturated carbocycles. The van der Waals surface area contributed by atoms with Crippen LogP contribution in [0.2, 0.25) is 0 Å². The molecule has 0 bridgehead atoms. The standard InChI is InChI=1S/C11H23N5O/c12-10(17)7-3-4-8-14-11(16-13)15-9-5-1-2-6-9/h9H,1-8,13H2,(H2,12,17)(H2,14,15,16). The second kappa shape index (κ2) is 7.89. The Morgan fingerprint density at radius 3 is 2.59 bits per heavy atom. The number of hydrogen-bond donors (Lipinski definition) is 4.